The average Bonchev–Trinajstić information content (AvgIpc) is 2.91. The molecular formula is C16H24N2O. The van der Waals surface area contributed by atoms with Crippen LogP contribution in [0.3, 0.4) is 0 Å². The van der Waals surface area contributed by atoms with Crippen molar-refractivity contribution in [3.8, 4) is 0 Å². The van der Waals surface area contributed by atoms with E-state index in [2.05, 4.69) is 43.4 Å². The fourth-order valence-electron chi connectivity index (χ4n) is 2.59. The Labute approximate surface area is 116 Å². The Balaban J connectivity index is 2.02. The van der Waals surface area contributed by atoms with Gasteiger partial charge in [0.2, 0.25) is 5.91 Å². The molecule has 0 aliphatic carbocycles. The zero-order valence-electron chi connectivity index (χ0n) is 12.1. The summed E-state index contributed by atoms with van der Waals surface area (Å²) in [5, 5.41) is 3.24. The Hall–Kier alpha value is -1.35. The Bertz CT molecular complexity index is 419. The van der Waals surface area contributed by atoms with Crippen molar-refractivity contribution < 1.29 is 4.79 Å². The first-order chi connectivity index (χ1) is 9.08. The molecule has 104 valence electrons. The molecule has 1 aromatic carbocycles. The molecule has 19 heavy (non-hydrogen) atoms. The van der Waals surface area contributed by atoms with Gasteiger partial charge in [-0.15, -0.1) is 0 Å². The number of carbonyl (C=O) groups is 1. The predicted octanol–water partition coefficient (Wildman–Crippen LogP) is 2.46. The molecule has 0 aromatic heterocycles. The van der Waals surface area contributed by atoms with Crippen molar-refractivity contribution in [1.82, 2.24) is 5.32 Å². The lowest BCUT2D eigenvalue weighted by molar-refractivity contribution is -0.121. The van der Waals surface area contributed by atoms with Crippen LogP contribution in [0.1, 0.15) is 25.8 Å². The van der Waals surface area contributed by atoms with E-state index in [0.29, 0.717) is 5.92 Å². The van der Waals surface area contributed by atoms with Crippen LogP contribution in [0, 0.1) is 11.8 Å². The highest BCUT2D eigenvalue weighted by Gasteiger charge is 2.25. The second-order valence-electron chi connectivity index (χ2n) is 5.85. The van der Waals surface area contributed by atoms with Crippen LogP contribution in [-0.4, -0.2) is 26.0 Å². The Morgan fingerprint density at radius 2 is 2.05 bits per heavy atom. The first kappa shape index (κ1) is 14.1. The molecule has 2 rings (SSSR count). The lowest BCUT2D eigenvalue weighted by Crippen LogP contribution is -2.33. The van der Waals surface area contributed by atoms with Crippen molar-refractivity contribution in [2.45, 2.75) is 26.7 Å². The number of nitrogens with zero attached hydrogens (tertiary/aromatic N) is 1. The number of anilines is 1. The molecule has 0 bridgehead atoms. The van der Waals surface area contributed by atoms with Gasteiger partial charge in [-0.05, 0) is 43.0 Å². The second kappa shape index (κ2) is 6.20. The molecule has 1 aliphatic heterocycles. The molecule has 3 nitrogen and oxygen atoms in total. The van der Waals surface area contributed by atoms with Gasteiger partial charge in [0.05, 0.1) is 5.92 Å². The Morgan fingerprint density at radius 3 is 2.58 bits per heavy atom. The molecule has 1 N–H and O–H groups in total. The van der Waals surface area contributed by atoms with Crippen molar-refractivity contribution in [2.75, 3.05) is 25.0 Å². The van der Waals surface area contributed by atoms with E-state index in [0.717, 1.165) is 31.6 Å². The van der Waals surface area contributed by atoms with Crippen LogP contribution in [0.2, 0.25) is 0 Å². The van der Waals surface area contributed by atoms with Crippen molar-refractivity contribution in [3.63, 3.8) is 0 Å². The van der Waals surface area contributed by atoms with Crippen LogP contribution in [0.15, 0.2) is 24.3 Å². The Kier molecular flexibility index (Phi) is 4.59. The lowest BCUT2D eigenvalue weighted by atomic mass is 10.0. The summed E-state index contributed by atoms with van der Waals surface area (Å²) in [6.07, 6.45) is 2.04. The minimum absolute atomic E-state index is 0.139. The van der Waals surface area contributed by atoms with Crippen LogP contribution in [0.25, 0.3) is 0 Å². The molecule has 1 fully saturated rings. The van der Waals surface area contributed by atoms with Crippen molar-refractivity contribution in [3.05, 3.63) is 29.8 Å². The summed E-state index contributed by atoms with van der Waals surface area (Å²) < 4.78 is 0. The van der Waals surface area contributed by atoms with Gasteiger partial charge in [0.15, 0.2) is 0 Å². The number of carbonyl (C=O) groups excluding carboxylic acids is 1. The molecule has 1 amide bonds. The van der Waals surface area contributed by atoms with Gasteiger partial charge >= 0.3 is 0 Å². The van der Waals surface area contributed by atoms with Gasteiger partial charge in [0.25, 0.3) is 0 Å². The number of amides is 1. The quantitative estimate of drug-likeness (QED) is 0.902. The molecule has 1 saturated heterocycles. The number of hydrogen-bond donors (Lipinski definition) is 1. The van der Waals surface area contributed by atoms with E-state index in [-0.39, 0.29) is 11.8 Å². The summed E-state index contributed by atoms with van der Waals surface area (Å²) >= 11 is 0. The summed E-state index contributed by atoms with van der Waals surface area (Å²) in [6, 6.07) is 8.37. The van der Waals surface area contributed by atoms with Crippen molar-refractivity contribution in [2.24, 2.45) is 11.8 Å². The minimum atomic E-state index is 0.139. The zero-order chi connectivity index (χ0) is 13.8. The van der Waals surface area contributed by atoms with E-state index in [1.54, 1.807) is 4.90 Å². The normalized spacial score (nSPS) is 18.8. The summed E-state index contributed by atoms with van der Waals surface area (Å²) in [6.45, 7) is 6.21. The van der Waals surface area contributed by atoms with Crippen LogP contribution in [0.5, 0.6) is 0 Å². The SMILES string of the molecule is CC(C)Cc1ccc(N(C)C(=O)C2CCNC2)cc1. The third-order valence-corrected chi connectivity index (χ3v) is 3.71. The van der Waals surface area contributed by atoms with Gasteiger partial charge in [0, 0.05) is 19.3 Å². The summed E-state index contributed by atoms with van der Waals surface area (Å²) in [7, 11) is 1.87. The van der Waals surface area contributed by atoms with Gasteiger partial charge in [-0.2, -0.15) is 0 Å². The maximum Gasteiger partial charge on any atom is 0.231 e. The molecule has 0 radical (unpaired) electrons. The first-order valence-electron chi connectivity index (χ1n) is 7.15. The smallest absolute Gasteiger partial charge is 0.231 e. The monoisotopic (exact) mass is 260 g/mol. The largest absolute Gasteiger partial charge is 0.316 e. The van der Waals surface area contributed by atoms with Gasteiger partial charge in [-0.1, -0.05) is 26.0 Å². The zero-order valence-corrected chi connectivity index (χ0v) is 12.1. The summed E-state index contributed by atoms with van der Waals surface area (Å²) in [5.41, 5.74) is 2.33. The van der Waals surface area contributed by atoms with E-state index >= 15 is 0 Å². The highest BCUT2D eigenvalue weighted by atomic mass is 16.2. The predicted molar refractivity (Wildman–Crippen MR) is 79.4 cm³/mol. The fourth-order valence-corrected chi connectivity index (χ4v) is 2.59. The van der Waals surface area contributed by atoms with Gasteiger partial charge < -0.3 is 10.2 Å². The lowest BCUT2D eigenvalue weighted by Gasteiger charge is -2.21. The maximum atomic E-state index is 12.3. The topological polar surface area (TPSA) is 32.3 Å². The molecule has 1 aliphatic rings. The van der Waals surface area contributed by atoms with E-state index in [1.165, 1.54) is 5.56 Å². The second-order valence-corrected chi connectivity index (χ2v) is 5.85. The van der Waals surface area contributed by atoms with E-state index < -0.39 is 0 Å². The highest BCUT2D eigenvalue weighted by molar-refractivity contribution is 5.94. The third-order valence-electron chi connectivity index (χ3n) is 3.71. The summed E-state index contributed by atoms with van der Waals surface area (Å²) in [4.78, 5) is 14.1. The minimum Gasteiger partial charge on any atom is -0.316 e. The average molecular weight is 260 g/mol. The molecule has 1 aromatic rings. The fraction of sp³-hybridized carbons (Fsp3) is 0.562. The van der Waals surface area contributed by atoms with E-state index in [9.17, 15) is 4.79 Å². The summed E-state index contributed by atoms with van der Waals surface area (Å²) in [5.74, 6) is 1.02. The van der Waals surface area contributed by atoms with Crippen molar-refractivity contribution in [1.29, 1.82) is 0 Å². The highest BCUT2D eigenvalue weighted by Crippen LogP contribution is 2.19. The number of hydrogen-bond acceptors (Lipinski definition) is 2. The molecule has 1 unspecified atom stereocenters. The number of nitrogens with one attached hydrogen (secondary N) is 1. The van der Waals surface area contributed by atoms with E-state index in [4.69, 9.17) is 0 Å². The molecule has 1 atom stereocenters. The molecule has 3 heteroatoms. The Morgan fingerprint density at radius 1 is 1.37 bits per heavy atom. The molecule has 0 spiro atoms. The standard InChI is InChI=1S/C16H24N2O/c1-12(2)10-13-4-6-15(7-5-13)18(3)16(19)14-8-9-17-11-14/h4-7,12,14,17H,8-11H2,1-3H3. The molecular weight excluding hydrogens is 236 g/mol. The maximum absolute atomic E-state index is 12.3. The van der Waals surface area contributed by atoms with Gasteiger partial charge in [-0.3, -0.25) is 4.79 Å². The first-order valence-corrected chi connectivity index (χ1v) is 7.15. The van der Waals surface area contributed by atoms with Crippen molar-refractivity contribution >= 4 is 11.6 Å². The molecule has 0 saturated carbocycles. The van der Waals surface area contributed by atoms with Gasteiger partial charge in [-0.25, -0.2) is 0 Å². The van der Waals surface area contributed by atoms with Crippen LogP contribution in [-0.2, 0) is 11.2 Å². The van der Waals surface area contributed by atoms with Gasteiger partial charge in [0.1, 0.15) is 0 Å². The third kappa shape index (κ3) is 3.57. The number of rotatable bonds is 4. The molecule has 1 heterocycles. The number of benzene rings is 1. The van der Waals surface area contributed by atoms with Crippen LogP contribution < -0.4 is 10.2 Å². The van der Waals surface area contributed by atoms with Crippen LogP contribution >= 0.6 is 0 Å². The van der Waals surface area contributed by atoms with E-state index in [1.807, 2.05) is 7.05 Å². The van der Waals surface area contributed by atoms with Crippen LogP contribution in [0.4, 0.5) is 5.69 Å².